The predicted octanol–water partition coefficient (Wildman–Crippen LogP) is -0.334. The molecule has 1 amide bonds. The van der Waals surface area contributed by atoms with E-state index in [1.54, 1.807) is 13.2 Å². The molecule has 9 nitrogen and oxygen atoms in total. The van der Waals surface area contributed by atoms with Crippen molar-refractivity contribution < 1.29 is 4.79 Å². The summed E-state index contributed by atoms with van der Waals surface area (Å²) in [6.45, 7) is 0.395. The number of thiazole rings is 1. The summed E-state index contributed by atoms with van der Waals surface area (Å²) in [5, 5.41) is 5.46. The van der Waals surface area contributed by atoms with Crippen LogP contribution >= 0.6 is 11.3 Å². The topological polar surface area (TPSA) is 115 Å². The van der Waals surface area contributed by atoms with Crippen molar-refractivity contribution >= 4 is 28.4 Å². The van der Waals surface area contributed by atoms with E-state index in [0.717, 1.165) is 9.57 Å². The van der Waals surface area contributed by atoms with Gasteiger partial charge in [0.2, 0.25) is 5.91 Å². The van der Waals surface area contributed by atoms with Crippen LogP contribution in [0.15, 0.2) is 21.2 Å². The van der Waals surface area contributed by atoms with Crippen LogP contribution in [-0.4, -0.2) is 30.0 Å². The van der Waals surface area contributed by atoms with E-state index < -0.39 is 11.2 Å². The summed E-state index contributed by atoms with van der Waals surface area (Å²) in [4.78, 5) is 47.1. The average Bonchev–Trinajstić information content (AvgIpc) is 3.23. The smallest absolute Gasteiger partial charge is 0.332 e. The number of aromatic amines is 1. The molecule has 126 valence electrons. The quantitative estimate of drug-likeness (QED) is 0.655. The Bertz CT molecular complexity index is 998. The van der Waals surface area contributed by atoms with Crippen LogP contribution in [0.1, 0.15) is 17.3 Å². The number of hydrogen-bond donors (Lipinski definition) is 2. The molecule has 24 heavy (non-hydrogen) atoms. The molecule has 0 aliphatic heterocycles. The van der Waals surface area contributed by atoms with Gasteiger partial charge >= 0.3 is 5.69 Å². The highest BCUT2D eigenvalue weighted by Gasteiger charge is 2.14. The zero-order chi connectivity index (χ0) is 17.3. The Morgan fingerprint density at radius 1 is 1.33 bits per heavy atom. The van der Waals surface area contributed by atoms with Crippen LogP contribution in [0.25, 0.3) is 11.2 Å². The van der Waals surface area contributed by atoms with Crippen molar-refractivity contribution in [1.82, 2.24) is 29.4 Å². The van der Waals surface area contributed by atoms with E-state index in [-0.39, 0.29) is 17.8 Å². The molecule has 10 heteroatoms. The van der Waals surface area contributed by atoms with Gasteiger partial charge in [-0.1, -0.05) is 0 Å². The molecule has 3 aromatic heterocycles. The van der Waals surface area contributed by atoms with E-state index in [1.807, 2.05) is 5.38 Å². The van der Waals surface area contributed by atoms with Gasteiger partial charge in [0.25, 0.3) is 5.56 Å². The maximum absolute atomic E-state index is 12.1. The van der Waals surface area contributed by atoms with Crippen LogP contribution < -0.4 is 16.6 Å². The number of carbonyl (C=O) groups excluding carboxylic acids is 1. The zero-order valence-electron chi connectivity index (χ0n) is 13.2. The lowest BCUT2D eigenvalue weighted by atomic mass is 10.3. The lowest BCUT2D eigenvalue weighted by Gasteiger charge is -2.01. The van der Waals surface area contributed by atoms with E-state index in [9.17, 15) is 14.4 Å². The Morgan fingerprint density at radius 2 is 2.12 bits per heavy atom. The third-order valence-corrected chi connectivity index (χ3v) is 4.43. The minimum Gasteiger partial charge on any atom is -0.350 e. The molecule has 3 heterocycles. The summed E-state index contributed by atoms with van der Waals surface area (Å²) < 4.78 is 2.32. The van der Waals surface area contributed by atoms with Gasteiger partial charge in [-0.3, -0.25) is 18.7 Å². The van der Waals surface area contributed by atoms with Gasteiger partial charge in [0.05, 0.1) is 6.54 Å². The molecule has 0 unspecified atom stereocenters. The second-order valence-corrected chi connectivity index (χ2v) is 6.27. The van der Waals surface area contributed by atoms with E-state index in [1.165, 1.54) is 23.0 Å². The number of nitrogens with one attached hydrogen (secondary N) is 2. The van der Waals surface area contributed by atoms with Gasteiger partial charge in [-0.05, 0) is 0 Å². The molecule has 0 spiro atoms. The van der Waals surface area contributed by atoms with Crippen molar-refractivity contribution in [2.24, 2.45) is 14.1 Å². The first-order chi connectivity index (χ1) is 11.5. The van der Waals surface area contributed by atoms with Crippen LogP contribution in [0.3, 0.4) is 0 Å². The van der Waals surface area contributed by atoms with Gasteiger partial charge in [0.1, 0.15) is 16.3 Å². The van der Waals surface area contributed by atoms with Crippen molar-refractivity contribution in [3.05, 3.63) is 43.2 Å². The molecule has 0 saturated heterocycles. The van der Waals surface area contributed by atoms with E-state index >= 15 is 0 Å². The van der Waals surface area contributed by atoms with Gasteiger partial charge in [0, 0.05) is 38.5 Å². The van der Waals surface area contributed by atoms with Crippen LogP contribution in [0.4, 0.5) is 0 Å². The second-order valence-electron chi connectivity index (χ2n) is 5.29. The molecule has 2 N–H and O–H groups in total. The fourth-order valence-electron chi connectivity index (χ4n) is 2.33. The highest BCUT2D eigenvalue weighted by molar-refractivity contribution is 7.09. The molecular formula is C14H16N6O3S. The summed E-state index contributed by atoms with van der Waals surface area (Å²) in [6, 6.07) is 0. The number of H-pyrrole nitrogens is 1. The van der Waals surface area contributed by atoms with Crippen molar-refractivity contribution in [3.63, 3.8) is 0 Å². The van der Waals surface area contributed by atoms with Crippen molar-refractivity contribution in [2.75, 3.05) is 0 Å². The lowest BCUT2D eigenvalue weighted by Crippen LogP contribution is -2.36. The fourth-order valence-corrected chi connectivity index (χ4v) is 2.88. The third-order valence-electron chi connectivity index (χ3n) is 3.65. The molecule has 0 bridgehead atoms. The Balaban J connectivity index is 1.71. The number of amides is 1. The number of hydrogen-bond acceptors (Lipinski definition) is 6. The summed E-state index contributed by atoms with van der Waals surface area (Å²) in [5.74, 6) is 0.361. The van der Waals surface area contributed by atoms with Gasteiger partial charge in [-0.15, -0.1) is 11.3 Å². The molecule has 0 aromatic carbocycles. The third kappa shape index (κ3) is 3.00. The molecule has 0 saturated carbocycles. The van der Waals surface area contributed by atoms with Gasteiger partial charge in [-0.25, -0.2) is 14.8 Å². The monoisotopic (exact) mass is 348 g/mol. The Morgan fingerprint density at radius 3 is 2.83 bits per heavy atom. The highest BCUT2D eigenvalue weighted by atomic mass is 32.1. The summed E-state index contributed by atoms with van der Waals surface area (Å²) in [7, 11) is 2.96. The Hall–Kier alpha value is -2.75. The summed E-state index contributed by atoms with van der Waals surface area (Å²) >= 11 is 1.47. The number of carbonyl (C=O) groups is 1. The van der Waals surface area contributed by atoms with Gasteiger partial charge < -0.3 is 10.3 Å². The predicted molar refractivity (Wildman–Crippen MR) is 88.9 cm³/mol. The highest BCUT2D eigenvalue weighted by Crippen LogP contribution is 2.07. The number of rotatable bonds is 5. The fraction of sp³-hybridized carbons (Fsp3) is 0.357. The van der Waals surface area contributed by atoms with Crippen LogP contribution in [-0.2, 0) is 31.9 Å². The average molecular weight is 348 g/mol. The van der Waals surface area contributed by atoms with Crippen LogP contribution in [0.2, 0.25) is 0 Å². The minimum atomic E-state index is -0.438. The summed E-state index contributed by atoms with van der Waals surface area (Å²) in [5.41, 5.74) is -0.314. The van der Waals surface area contributed by atoms with Gasteiger partial charge in [-0.2, -0.15) is 0 Å². The number of aromatic nitrogens is 5. The van der Waals surface area contributed by atoms with Crippen molar-refractivity contribution in [3.8, 4) is 0 Å². The van der Waals surface area contributed by atoms with Crippen molar-refractivity contribution in [1.29, 1.82) is 0 Å². The zero-order valence-corrected chi connectivity index (χ0v) is 14.0. The van der Waals surface area contributed by atoms with Crippen molar-refractivity contribution in [2.45, 2.75) is 19.4 Å². The summed E-state index contributed by atoms with van der Waals surface area (Å²) in [6.07, 6.45) is 2.25. The van der Waals surface area contributed by atoms with E-state index in [4.69, 9.17) is 0 Å². The maximum Gasteiger partial charge on any atom is 0.332 e. The number of aryl methyl sites for hydroxylation is 2. The standard InChI is InChI=1S/C14H16N6O3S/c1-19-12-11(13(22)20(2)14(19)23)17-8(18-12)3-4-9(21)16-7-10-15-5-6-24-10/h5-6H,3-4,7H2,1-2H3,(H,16,21)(H,17,18). The lowest BCUT2D eigenvalue weighted by molar-refractivity contribution is -0.121. The normalized spacial score (nSPS) is 11.1. The molecule has 0 radical (unpaired) electrons. The Labute approximate surface area is 140 Å². The molecule has 0 fully saturated rings. The van der Waals surface area contributed by atoms with Crippen LogP contribution in [0.5, 0.6) is 0 Å². The minimum absolute atomic E-state index is 0.132. The second kappa shape index (κ2) is 6.40. The molecular weight excluding hydrogens is 332 g/mol. The molecule has 3 aromatic rings. The van der Waals surface area contributed by atoms with Crippen LogP contribution in [0, 0.1) is 0 Å². The van der Waals surface area contributed by atoms with Gasteiger partial charge in [0.15, 0.2) is 5.65 Å². The largest absolute Gasteiger partial charge is 0.350 e. The maximum atomic E-state index is 12.1. The first-order valence-electron chi connectivity index (χ1n) is 7.27. The number of fused-ring (bicyclic) bond motifs is 1. The first-order valence-corrected chi connectivity index (χ1v) is 8.15. The SMILES string of the molecule is Cn1c(=O)c2[nH]c(CCC(=O)NCc3nccs3)nc2n(C)c1=O. The number of nitrogens with zero attached hydrogens (tertiary/aromatic N) is 4. The number of imidazole rings is 1. The molecule has 0 aliphatic carbocycles. The first kappa shape index (κ1) is 16.1. The molecule has 0 atom stereocenters. The molecule has 3 rings (SSSR count). The van der Waals surface area contributed by atoms with E-state index in [2.05, 4.69) is 20.3 Å². The van der Waals surface area contributed by atoms with E-state index in [0.29, 0.717) is 24.4 Å². The molecule has 0 aliphatic rings. The Kier molecular flexibility index (Phi) is 4.30.